The predicted molar refractivity (Wildman–Crippen MR) is 79.4 cm³/mol. The number of hydrogen-bond acceptors (Lipinski definition) is 1. The minimum absolute atomic E-state index is 0.273. The first-order chi connectivity index (χ1) is 8.49. The van der Waals surface area contributed by atoms with E-state index in [-0.39, 0.29) is 5.56 Å². The summed E-state index contributed by atoms with van der Waals surface area (Å²) in [6.07, 6.45) is -1.00. The molecule has 2 aromatic rings. The number of halogens is 3. The third kappa shape index (κ3) is 2.84. The first kappa shape index (κ1) is 13.8. The second-order valence-electron chi connectivity index (χ2n) is 4.09. The molecule has 0 saturated carbocycles. The summed E-state index contributed by atoms with van der Waals surface area (Å²) >= 11 is 8.01. The van der Waals surface area contributed by atoms with Gasteiger partial charge in [-0.3, -0.25) is 0 Å². The fourth-order valence-corrected chi connectivity index (χ4v) is 2.58. The van der Waals surface area contributed by atoms with E-state index >= 15 is 0 Å². The molecular weight excluding hydrogens is 366 g/mol. The summed E-state index contributed by atoms with van der Waals surface area (Å²) in [5.74, 6) is -0.413. The van der Waals surface area contributed by atoms with Gasteiger partial charge < -0.3 is 5.11 Å². The van der Waals surface area contributed by atoms with Crippen LogP contribution in [-0.4, -0.2) is 5.11 Å². The normalized spacial score (nSPS) is 12.5. The van der Waals surface area contributed by atoms with Crippen LogP contribution in [0.5, 0.6) is 0 Å². The molecule has 1 N–H and O–H groups in total. The van der Waals surface area contributed by atoms with Gasteiger partial charge in [0.25, 0.3) is 0 Å². The summed E-state index contributed by atoms with van der Waals surface area (Å²) in [6, 6.07) is 9.90. The Hall–Kier alpha value is -0.650. The molecule has 94 valence electrons. The fraction of sp³-hybridized carbons (Fsp3) is 0.143. The third-order valence-corrected chi connectivity index (χ3v) is 3.92. The summed E-state index contributed by atoms with van der Waals surface area (Å²) in [5, 5.41) is 10.8. The van der Waals surface area contributed by atoms with Crippen LogP contribution in [-0.2, 0) is 0 Å². The van der Waals surface area contributed by atoms with Crippen molar-refractivity contribution in [3.05, 3.63) is 67.5 Å². The van der Waals surface area contributed by atoms with E-state index in [1.54, 1.807) is 30.3 Å². The van der Waals surface area contributed by atoms with Crippen LogP contribution in [0.2, 0.25) is 5.02 Å². The Labute approximate surface area is 124 Å². The Morgan fingerprint density at radius 3 is 2.61 bits per heavy atom. The predicted octanol–water partition coefficient (Wildman–Crippen LogP) is 4.47. The van der Waals surface area contributed by atoms with Crippen molar-refractivity contribution < 1.29 is 9.50 Å². The molecule has 0 spiro atoms. The second kappa shape index (κ2) is 5.55. The Kier molecular flexibility index (Phi) is 4.25. The highest BCUT2D eigenvalue weighted by Gasteiger charge is 2.18. The Morgan fingerprint density at radius 1 is 1.17 bits per heavy atom. The van der Waals surface area contributed by atoms with E-state index in [4.69, 9.17) is 11.6 Å². The summed E-state index contributed by atoms with van der Waals surface area (Å²) < 4.78 is 14.6. The van der Waals surface area contributed by atoms with Gasteiger partial charge >= 0.3 is 0 Å². The molecule has 2 rings (SSSR count). The first-order valence-corrected chi connectivity index (χ1v) is 6.84. The lowest BCUT2D eigenvalue weighted by molar-refractivity contribution is 0.214. The first-order valence-electron chi connectivity index (χ1n) is 5.38. The molecule has 0 amide bonds. The molecule has 0 aliphatic carbocycles. The lowest BCUT2D eigenvalue weighted by Gasteiger charge is -2.15. The van der Waals surface area contributed by atoms with Crippen molar-refractivity contribution in [1.29, 1.82) is 0 Å². The van der Waals surface area contributed by atoms with Crippen LogP contribution in [0, 0.1) is 16.3 Å². The van der Waals surface area contributed by atoms with Crippen LogP contribution in [0.1, 0.15) is 22.8 Å². The Morgan fingerprint density at radius 2 is 1.89 bits per heavy atom. The van der Waals surface area contributed by atoms with Crippen molar-refractivity contribution in [3.8, 4) is 0 Å². The van der Waals surface area contributed by atoms with Gasteiger partial charge in [-0.1, -0.05) is 29.3 Å². The molecule has 0 aliphatic heterocycles. The molecule has 0 aromatic heterocycles. The Bertz CT molecular complexity index is 535. The zero-order valence-corrected chi connectivity index (χ0v) is 12.5. The number of aliphatic hydroxyl groups is 1. The standard InChI is InChI=1S/C14H11ClFIO/c1-8-2-4-12(16)10(6-8)14(18)11-7-9(15)3-5-13(11)17/h2-7,14,18H,1H3. The van der Waals surface area contributed by atoms with Gasteiger partial charge in [0.1, 0.15) is 11.9 Å². The van der Waals surface area contributed by atoms with Crippen molar-refractivity contribution in [2.45, 2.75) is 13.0 Å². The summed E-state index contributed by atoms with van der Waals surface area (Å²) in [4.78, 5) is 0. The quantitative estimate of drug-likeness (QED) is 0.767. The third-order valence-electron chi connectivity index (χ3n) is 2.70. The molecule has 1 unspecified atom stereocenters. The van der Waals surface area contributed by atoms with Crippen molar-refractivity contribution in [2.75, 3.05) is 0 Å². The van der Waals surface area contributed by atoms with Crippen LogP contribution < -0.4 is 0 Å². The molecule has 0 heterocycles. The minimum Gasteiger partial charge on any atom is -0.384 e. The number of rotatable bonds is 2. The highest BCUT2D eigenvalue weighted by atomic mass is 127. The zero-order valence-electron chi connectivity index (χ0n) is 9.62. The maximum atomic E-state index is 13.7. The van der Waals surface area contributed by atoms with Gasteiger partial charge in [0, 0.05) is 14.2 Å². The summed E-state index contributed by atoms with van der Waals surface area (Å²) in [6.45, 7) is 1.86. The number of aryl methyl sites for hydroxylation is 1. The molecular formula is C14H11ClFIO. The van der Waals surface area contributed by atoms with Gasteiger partial charge in [-0.2, -0.15) is 0 Å². The monoisotopic (exact) mass is 376 g/mol. The van der Waals surface area contributed by atoms with Crippen molar-refractivity contribution in [1.82, 2.24) is 0 Å². The van der Waals surface area contributed by atoms with E-state index < -0.39 is 11.9 Å². The van der Waals surface area contributed by atoms with E-state index in [1.807, 2.05) is 6.92 Å². The molecule has 0 bridgehead atoms. The van der Waals surface area contributed by atoms with Crippen LogP contribution >= 0.6 is 34.2 Å². The van der Waals surface area contributed by atoms with Crippen LogP contribution in [0.3, 0.4) is 0 Å². The number of benzene rings is 2. The van der Waals surface area contributed by atoms with Crippen LogP contribution in [0.25, 0.3) is 0 Å². The molecule has 18 heavy (non-hydrogen) atoms. The van der Waals surface area contributed by atoms with Crippen molar-refractivity contribution in [2.24, 2.45) is 0 Å². The van der Waals surface area contributed by atoms with E-state index in [2.05, 4.69) is 22.6 Å². The van der Waals surface area contributed by atoms with Gasteiger partial charge in [0.15, 0.2) is 0 Å². The van der Waals surface area contributed by atoms with Gasteiger partial charge in [0.2, 0.25) is 0 Å². The average Bonchev–Trinajstić information content (AvgIpc) is 2.34. The molecule has 4 heteroatoms. The van der Waals surface area contributed by atoms with E-state index in [0.717, 1.165) is 9.13 Å². The topological polar surface area (TPSA) is 20.2 Å². The Balaban J connectivity index is 2.50. The summed E-state index contributed by atoms with van der Waals surface area (Å²) in [7, 11) is 0. The number of aliphatic hydroxyl groups excluding tert-OH is 1. The average molecular weight is 377 g/mol. The highest BCUT2D eigenvalue weighted by Crippen LogP contribution is 2.30. The molecule has 0 radical (unpaired) electrons. The highest BCUT2D eigenvalue weighted by molar-refractivity contribution is 14.1. The molecule has 1 nitrogen and oxygen atoms in total. The number of hydrogen-bond donors (Lipinski definition) is 1. The van der Waals surface area contributed by atoms with Crippen molar-refractivity contribution >= 4 is 34.2 Å². The lowest BCUT2D eigenvalue weighted by atomic mass is 9.99. The molecule has 2 aromatic carbocycles. The van der Waals surface area contributed by atoms with Crippen molar-refractivity contribution in [3.63, 3.8) is 0 Å². The molecule has 0 aliphatic rings. The summed E-state index contributed by atoms with van der Waals surface area (Å²) in [5.41, 5.74) is 1.80. The smallest absolute Gasteiger partial charge is 0.129 e. The lowest BCUT2D eigenvalue weighted by Crippen LogP contribution is -2.05. The van der Waals surface area contributed by atoms with Gasteiger partial charge in [-0.25, -0.2) is 4.39 Å². The largest absolute Gasteiger partial charge is 0.384 e. The molecule has 0 fully saturated rings. The van der Waals surface area contributed by atoms with E-state index in [1.165, 1.54) is 6.07 Å². The van der Waals surface area contributed by atoms with Crippen LogP contribution in [0.4, 0.5) is 4.39 Å². The fourth-order valence-electron chi connectivity index (χ4n) is 1.76. The molecule has 1 atom stereocenters. The van der Waals surface area contributed by atoms with Gasteiger partial charge in [0.05, 0.1) is 0 Å². The van der Waals surface area contributed by atoms with E-state index in [9.17, 15) is 9.50 Å². The maximum Gasteiger partial charge on any atom is 0.129 e. The van der Waals surface area contributed by atoms with Gasteiger partial charge in [-0.05, 0) is 59.3 Å². The SMILES string of the molecule is Cc1ccc(F)c(C(O)c2cc(Cl)ccc2I)c1. The maximum absolute atomic E-state index is 13.7. The van der Waals surface area contributed by atoms with Crippen LogP contribution in [0.15, 0.2) is 36.4 Å². The zero-order chi connectivity index (χ0) is 13.3. The molecule has 0 saturated heterocycles. The van der Waals surface area contributed by atoms with Gasteiger partial charge in [-0.15, -0.1) is 0 Å². The second-order valence-corrected chi connectivity index (χ2v) is 5.69. The minimum atomic E-state index is -1.00. The van der Waals surface area contributed by atoms with E-state index in [0.29, 0.717) is 10.6 Å².